The summed E-state index contributed by atoms with van der Waals surface area (Å²) in [7, 11) is -3.60. The van der Waals surface area contributed by atoms with Gasteiger partial charge in [-0.25, -0.2) is 18.1 Å². The van der Waals surface area contributed by atoms with Crippen LogP contribution in [0.1, 0.15) is 39.4 Å². The Kier molecular flexibility index (Phi) is 6.48. The number of aromatic nitrogens is 2. The van der Waals surface area contributed by atoms with Gasteiger partial charge in [0.15, 0.2) is 5.03 Å². The largest absolute Gasteiger partial charge is 0.334 e. The quantitative estimate of drug-likeness (QED) is 0.748. The van der Waals surface area contributed by atoms with Crippen LogP contribution in [-0.2, 0) is 16.6 Å². The maximum Gasteiger partial charge on any atom is 0.259 e. The maximum absolute atomic E-state index is 12.3. The molecule has 0 aliphatic carbocycles. The number of nitrogens with one attached hydrogen (secondary N) is 1. The molecule has 0 bridgehead atoms. The zero-order chi connectivity index (χ0) is 15.3. The van der Waals surface area contributed by atoms with Crippen LogP contribution in [-0.4, -0.2) is 29.9 Å². The van der Waals surface area contributed by atoms with E-state index in [1.807, 2.05) is 32.3 Å². The molecule has 0 radical (unpaired) electrons. The molecule has 7 heteroatoms. The SMILES string of the molecule is CCCn1cc(S(=O)(=O)NC(CCl)CC(C)C)nc1C. The predicted octanol–water partition coefficient (Wildman–Crippen LogP) is 2.53. The molecule has 5 nitrogen and oxygen atoms in total. The fourth-order valence-electron chi connectivity index (χ4n) is 2.07. The first-order chi connectivity index (χ1) is 9.30. The van der Waals surface area contributed by atoms with Gasteiger partial charge in [-0.05, 0) is 25.7 Å². The van der Waals surface area contributed by atoms with Crippen molar-refractivity contribution in [2.45, 2.75) is 58.1 Å². The highest BCUT2D eigenvalue weighted by Gasteiger charge is 2.23. The van der Waals surface area contributed by atoms with Gasteiger partial charge >= 0.3 is 0 Å². The molecule has 0 fully saturated rings. The first-order valence-electron chi connectivity index (χ1n) is 6.92. The molecule has 1 atom stereocenters. The molecule has 20 heavy (non-hydrogen) atoms. The Morgan fingerprint density at radius 3 is 2.60 bits per heavy atom. The monoisotopic (exact) mass is 321 g/mol. The van der Waals surface area contributed by atoms with Crippen molar-refractivity contribution in [3.8, 4) is 0 Å². The van der Waals surface area contributed by atoms with E-state index in [1.54, 1.807) is 6.20 Å². The van der Waals surface area contributed by atoms with Crippen molar-refractivity contribution in [3.05, 3.63) is 12.0 Å². The van der Waals surface area contributed by atoms with Crippen LogP contribution in [0.2, 0.25) is 0 Å². The summed E-state index contributed by atoms with van der Waals surface area (Å²) in [5.41, 5.74) is 0. The summed E-state index contributed by atoms with van der Waals surface area (Å²) in [5, 5.41) is 0.0716. The van der Waals surface area contributed by atoms with Gasteiger partial charge < -0.3 is 4.57 Å². The van der Waals surface area contributed by atoms with Gasteiger partial charge in [-0.2, -0.15) is 0 Å². The number of hydrogen-bond acceptors (Lipinski definition) is 3. The van der Waals surface area contributed by atoms with E-state index in [-0.39, 0.29) is 16.9 Å². The fourth-order valence-corrected chi connectivity index (χ4v) is 3.62. The highest BCUT2D eigenvalue weighted by molar-refractivity contribution is 7.89. The van der Waals surface area contributed by atoms with Crippen LogP contribution in [0.3, 0.4) is 0 Å². The lowest BCUT2D eigenvalue weighted by atomic mass is 10.1. The van der Waals surface area contributed by atoms with E-state index in [1.165, 1.54) is 0 Å². The molecule has 116 valence electrons. The number of sulfonamides is 1. The molecule has 1 aromatic heterocycles. The van der Waals surface area contributed by atoms with Crippen LogP contribution in [0.15, 0.2) is 11.2 Å². The van der Waals surface area contributed by atoms with Crippen LogP contribution >= 0.6 is 11.6 Å². The van der Waals surface area contributed by atoms with Gasteiger partial charge in [0.1, 0.15) is 5.82 Å². The average Bonchev–Trinajstić information content (AvgIpc) is 2.70. The number of alkyl halides is 1. The van der Waals surface area contributed by atoms with E-state index >= 15 is 0 Å². The van der Waals surface area contributed by atoms with Crippen LogP contribution in [0, 0.1) is 12.8 Å². The Balaban J connectivity index is 2.90. The second-order valence-corrected chi connectivity index (χ2v) is 7.39. The number of rotatable bonds is 8. The summed E-state index contributed by atoms with van der Waals surface area (Å²) in [4.78, 5) is 4.14. The van der Waals surface area contributed by atoms with E-state index in [0.717, 1.165) is 13.0 Å². The molecule has 0 aliphatic rings. The Labute approximate surface area is 126 Å². The van der Waals surface area contributed by atoms with Crippen LogP contribution in [0.25, 0.3) is 0 Å². The third kappa shape index (κ3) is 4.75. The molecule has 0 spiro atoms. The second-order valence-electron chi connectivity index (χ2n) is 5.42. The summed E-state index contributed by atoms with van der Waals surface area (Å²) >= 11 is 5.84. The molecule has 1 heterocycles. The summed E-state index contributed by atoms with van der Waals surface area (Å²) in [6.45, 7) is 8.68. The van der Waals surface area contributed by atoms with Crippen molar-refractivity contribution in [1.29, 1.82) is 0 Å². The normalized spacial score (nSPS) is 13.9. The van der Waals surface area contributed by atoms with Crippen molar-refractivity contribution in [2.24, 2.45) is 5.92 Å². The van der Waals surface area contributed by atoms with Crippen LogP contribution in [0.5, 0.6) is 0 Å². The number of nitrogens with zero attached hydrogens (tertiary/aromatic N) is 2. The minimum absolute atomic E-state index is 0.0716. The third-order valence-corrected chi connectivity index (χ3v) is 4.72. The van der Waals surface area contributed by atoms with Crippen molar-refractivity contribution < 1.29 is 8.42 Å². The van der Waals surface area contributed by atoms with Crippen molar-refractivity contribution in [1.82, 2.24) is 14.3 Å². The number of imidazole rings is 1. The molecule has 1 aromatic rings. The zero-order valence-electron chi connectivity index (χ0n) is 12.6. The standard InChI is InChI=1S/C13H24ClN3O2S/c1-5-6-17-9-13(15-11(17)4)20(18,19)16-12(8-14)7-10(2)3/h9-10,12,16H,5-8H2,1-4H3. The molecule has 0 aliphatic heterocycles. The first kappa shape index (κ1) is 17.5. The highest BCUT2D eigenvalue weighted by atomic mass is 35.5. The van der Waals surface area contributed by atoms with Crippen molar-refractivity contribution in [2.75, 3.05) is 5.88 Å². The molecule has 0 aromatic carbocycles. The highest BCUT2D eigenvalue weighted by Crippen LogP contribution is 2.13. The van der Waals surface area contributed by atoms with Crippen molar-refractivity contribution in [3.63, 3.8) is 0 Å². The van der Waals surface area contributed by atoms with E-state index < -0.39 is 10.0 Å². The summed E-state index contributed by atoms with van der Waals surface area (Å²) in [5.74, 6) is 1.34. The average molecular weight is 322 g/mol. The van der Waals surface area contributed by atoms with Gasteiger partial charge in [-0.15, -0.1) is 11.6 Å². The molecule has 1 unspecified atom stereocenters. The molecule has 0 saturated carbocycles. The minimum Gasteiger partial charge on any atom is -0.334 e. The zero-order valence-corrected chi connectivity index (χ0v) is 14.1. The number of aryl methyl sites for hydroxylation is 2. The maximum atomic E-state index is 12.3. The lowest BCUT2D eigenvalue weighted by molar-refractivity contribution is 0.484. The molecule has 1 rings (SSSR count). The Hall–Kier alpha value is -0.590. The van der Waals surface area contributed by atoms with Gasteiger partial charge in [0, 0.05) is 24.7 Å². The van der Waals surface area contributed by atoms with E-state index in [0.29, 0.717) is 18.2 Å². The van der Waals surface area contributed by atoms with E-state index in [4.69, 9.17) is 11.6 Å². The summed E-state index contributed by atoms with van der Waals surface area (Å²) in [6.07, 6.45) is 3.22. The molecule has 0 amide bonds. The lowest BCUT2D eigenvalue weighted by Crippen LogP contribution is -2.37. The minimum atomic E-state index is -3.60. The smallest absolute Gasteiger partial charge is 0.259 e. The van der Waals surface area contributed by atoms with Crippen LogP contribution in [0.4, 0.5) is 0 Å². The topological polar surface area (TPSA) is 64.0 Å². The lowest BCUT2D eigenvalue weighted by Gasteiger charge is -2.17. The molecule has 0 saturated heterocycles. The van der Waals surface area contributed by atoms with Gasteiger partial charge in [0.25, 0.3) is 10.0 Å². The molecular weight excluding hydrogens is 298 g/mol. The third-order valence-electron chi connectivity index (χ3n) is 2.96. The Morgan fingerprint density at radius 1 is 1.45 bits per heavy atom. The van der Waals surface area contributed by atoms with Crippen molar-refractivity contribution >= 4 is 21.6 Å². The number of halogens is 1. The van der Waals surface area contributed by atoms with E-state index in [9.17, 15) is 8.42 Å². The molecule has 1 N–H and O–H groups in total. The first-order valence-corrected chi connectivity index (χ1v) is 8.94. The van der Waals surface area contributed by atoms with Gasteiger partial charge in [0.2, 0.25) is 0 Å². The van der Waals surface area contributed by atoms with Gasteiger partial charge in [0.05, 0.1) is 0 Å². The molecular formula is C13H24ClN3O2S. The predicted molar refractivity (Wildman–Crippen MR) is 81.5 cm³/mol. The fraction of sp³-hybridized carbons (Fsp3) is 0.769. The summed E-state index contributed by atoms with van der Waals surface area (Å²) < 4.78 is 29.1. The van der Waals surface area contributed by atoms with Crippen LogP contribution < -0.4 is 4.72 Å². The number of hydrogen-bond donors (Lipinski definition) is 1. The second kappa shape index (κ2) is 7.43. The Bertz CT molecular complexity index is 526. The van der Waals surface area contributed by atoms with Gasteiger partial charge in [-0.1, -0.05) is 20.8 Å². The van der Waals surface area contributed by atoms with E-state index in [2.05, 4.69) is 9.71 Å². The van der Waals surface area contributed by atoms with Gasteiger partial charge in [-0.3, -0.25) is 0 Å². The Morgan fingerprint density at radius 2 is 2.10 bits per heavy atom. The summed E-state index contributed by atoms with van der Waals surface area (Å²) in [6, 6.07) is -0.265.